The van der Waals surface area contributed by atoms with Crippen LogP contribution in [0.2, 0.25) is 0 Å². The minimum atomic E-state index is 0.440. The van der Waals surface area contributed by atoms with Crippen LogP contribution in [0.4, 0.5) is 0 Å². The summed E-state index contributed by atoms with van der Waals surface area (Å²) in [7, 11) is 0. The lowest BCUT2D eigenvalue weighted by Crippen LogP contribution is -2.29. The third-order valence-corrected chi connectivity index (χ3v) is 3.98. The highest BCUT2D eigenvalue weighted by molar-refractivity contribution is 8.01. The van der Waals surface area contributed by atoms with Crippen LogP contribution >= 0.6 is 11.8 Å². The topological polar surface area (TPSA) is 9.23 Å². The molecule has 0 bridgehead atoms. The van der Waals surface area contributed by atoms with Gasteiger partial charge in [0.05, 0.1) is 0 Å². The van der Waals surface area contributed by atoms with E-state index in [1.165, 1.54) is 32.1 Å². The lowest BCUT2D eigenvalue weighted by atomic mass is 10.1. The van der Waals surface area contributed by atoms with E-state index in [1.54, 1.807) is 0 Å². The number of hydrogen-bond acceptors (Lipinski definition) is 2. The molecule has 78 valence electrons. The molecular weight excluding hydrogens is 180 g/mol. The Bertz CT molecular complexity index is 145. The molecule has 0 amide bonds. The molecule has 0 radical (unpaired) electrons. The van der Waals surface area contributed by atoms with Crippen LogP contribution in [0.5, 0.6) is 0 Å². The highest BCUT2D eigenvalue weighted by atomic mass is 32.2. The summed E-state index contributed by atoms with van der Waals surface area (Å²) in [4.78, 5) is 0. The Kier molecular flexibility index (Phi) is 4.60. The smallest absolute Gasteiger partial charge is 0.103 e. The van der Waals surface area contributed by atoms with Gasteiger partial charge >= 0.3 is 0 Å². The molecule has 1 rings (SSSR count). The zero-order valence-corrected chi connectivity index (χ0v) is 9.95. The van der Waals surface area contributed by atoms with Gasteiger partial charge in [0.1, 0.15) is 5.44 Å². The van der Waals surface area contributed by atoms with Gasteiger partial charge < -0.3 is 4.74 Å². The van der Waals surface area contributed by atoms with Crippen molar-refractivity contribution in [1.82, 2.24) is 0 Å². The molecule has 2 heteroatoms. The van der Waals surface area contributed by atoms with Crippen molar-refractivity contribution in [1.29, 1.82) is 0 Å². The summed E-state index contributed by atoms with van der Waals surface area (Å²) in [6.45, 7) is 7.86. The fraction of sp³-hybridized carbons (Fsp3) is 1.00. The average Bonchev–Trinajstić information content (AvgIpc) is 2.03. The molecule has 1 nitrogen and oxygen atoms in total. The van der Waals surface area contributed by atoms with Gasteiger partial charge in [0.25, 0.3) is 0 Å². The molecular formula is C11H22OS. The van der Waals surface area contributed by atoms with E-state index in [1.807, 2.05) is 11.8 Å². The van der Waals surface area contributed by atoms with Crippen LogP contribution in [0.1, 0.15) is 52.9 Å². The normalized spacial score (nSPS) is 27.5. The highest BCUT2D eigenvalue weighted by Gasteiger charge is 2.28. The Morgan fingerprint density at radius 1 is 1.38 bits per heavy atom. The largest absolute Gasteiger partial charge is 0.368 e. The SMILES string of the molecule is CCCCCC1OCCC(C)(C)S1. The maximum absolute atomic E-state index is 5.72. The van der Waals surface area contributed by atoms with Crippen molar-refractivity contribution in [3.05, 3.63) is 0 Å². The summed E-state index contributed by atoms with van der Waals surface area (Å²) in [5.74, 6) is 0. The summed E-state index contributed by atoms with van der Waals surface area (Å²) in [6, 6.07) is 0. The molecule has 1 aliphatic heterocycles. The second kappa shape index (κ2) is 5.26. The van der Waals surface area contributed by atoms with Crippen molar-refractivity contribution in [2.45, 2.75) is 63.1 Å². The van der Waals surface area contributed by atoms with Gasteiger partial charge in [0, 0.05) is 11.4 Å². The van der Waals surface area contributed by atoms with E-state index < -0.39 is 0 Å². The molecule has 13 heavy (non-hydrogen) atoms. The quantitative estimate of drug-likeness (QED) is 0.641. The fourth-order valence-electron chi connectivity index (χ4n) is 1.59. The van der Waals surface area contributed by atoms with E-state index >= 15 is 0 Å². The van der Waals surface area contributed by atoms with Gasteiger partial charge in [-0.2, -0.15) is 0 Å². The minimum Gasteiger partial charge on any atom is -0.368 e. The Morgan fingerprint density at radius 3 is 2.77 bits per heavy atom. The van der Waals surface area contributed by atoms with Crippen molar-refractivity contribution in [2.24, 2.45) is 0 Å². The van der Waals surface area contributed by atoms with E-state index in [-0.39, 0.29) is 0 Å². The Morgan fingerprint density at radius 2 is 2.15 bits per heavy atom. The first-order valence-corrected chi connectivity index (χ1v) is 6.31. The molecule has 1 unspecified atom stereocenters. The predicted octanol–water partition coefficient (Wildman–Crippen LogP) is 3.82. The third kappa shape index (κ3) is 4.37. The molecule has 1 fully saturated rings. The third-order valence-electron chi connectivity index (χ3n) is 2.50. The van der Waals surface area contributed by atoms with Gasteiger partial charge in [-0.3, -0.25) is 0 Å². The zero-order valence-electron chi connectivity index (χ0n) is 9.14. The summed E-state index contributed by atoms with van der Waals surface area (Å²) in [6.07, 6.45) is 6.41. The van der Waals surface area contributed by atoms with Gasteiger partial charge in [0.15, 0.2) is 0 Å². The molecule has 1 heterocycles. The second-order valence-corrected chi connectivity index (χ2v) is 6.29. The lowest BCUT2D eigenvalue weighted by Gasteiger charge is -2.34. The van der Waals surface area contributed by atoms with E-state index in [9.17, 15) is 0 Å². The Hall–Kier alpha value is 0.310. The van der Waals surface area contributed by atoms with Crippen LogP contribution in [-0.2, 0) is 4.74 Å². The first-order valence-electron chi connectivity index (χ1n) is 5.43. The van der Waals surface area contributed by atoms with Crippen molar-refractivity contribution in [2.75, 3.05) is 6.61 Å². The maximum Gasteiger partial charge on any atom is 0.103 e. The molecule has 0 aromatic heterocycles. The van der Waals surface area contributed by atoms with Gasteiger partial charge in [-0.05, 0) is 12.8 Å². The Balaban J connectivity index is 2.19. The number of hydrogen-bond donors (Lipinski definition) is 0. The number of thioether (sulfide) groups is 1. The first kappa shape index (κ1) is 11.4. The first-order chi connectivity index (χ1) is 6.14. The zero-order chi connectivity index (χ0) is 9.73. The highest BCUT2D eigenvalue weighted by Crippen LogP contribution is 2.38. The fourth-order valence-corrected chi connectivity index (χ4v) is 2.95. The standard InChI is InChI=1S/C11H22OS/c1-4-5-6-7-10-12-9-8-11(2,3)13-10/h10H,4-9H2,1-3H3. The Labute approximate surface area is 86.6 Å². The van der Waals surface area contributed by atoms with Crippen LogP contribution in [0.15, 0.2) is 0 Å². The van der Waals surface area contributed by atoms with Crippen LogP contribution in [0.25, 0.3) is 0 Å². The maximum atomic E-state index is 5.72. The summed E-state index contributed by atoms with van der Waals surface area (Å²) < 4.78 is 6.16. The van der Waals surface area contributed by atoms with E-state index in [4.69, 9.17) is 4.74 Å². The van der Waals surface area contributed by atoms with Crippen molar-refractivity contribution < 1.29 is 4.74 Å². The summed E-state index contributed by atoms with van der Waals surface area (Å²) in [5.41, 5.74) is 0.468. The van der Waals surface area contributed by atoms with E-state index in [0.717, 1.165) is 6.61 Å². The van der Waals surface area contributed by atoms with Crippen molar-refractivity contribution >= 4 is 11.8 Å². The molecule has 0 aromatic rings. The predicted molar refractivity (Wildman–Crippen MR) is 60.2 cm³/mol. The van der Waals surface area contributed by atoms with Gasteiger partial charge in [-0.15, -0.1) is 11.8 Å². The van der Waals surface area contributed by atoms with Crippen molar-refractivity contribution in [3.8, 4) is 0 Å². The van der Waals surface area contributed by atoms with Crippen LogP contribution in [0, 0.1) is 0 Å². The monoisotopic (exact) mass is 202 g/mol. The molecule has 0 saturated carbocycles. The molecule has 0 aliphatic carbocycles. The van der Waals surface area contributed by atoms with Crippen LogP contribution < -0.4 is 0 Å². The summed E-state index contributed by atoms with van der Waals surface area (Å²) >= 11 is 2.02. The molecule has 0 N–H and O–H groups in total. The van der Waals surface area contributed by atoms with E-state index in [2.05, 4.69) is 20.8 Å². The molecule has 1 aliphatic rings. The van der Waals surface area contributed by atoms with Crippen LogP contribution in [0.3, 0.4) is 0 Å². The molecule has 1 atom stereocenters. The van der Waals surface area contributed by atoms with E-state index in [0.29, 0.717) is 10.2 Å². The minimum absolute atomic E-state index is 0.440. The molecule has 0 aromatic carbocycles. The number of unbranched alkanes of at least 4 members (excludes halogenated alkanes) is 2. The summed E-state index contributed by atoms with van der Waals surface area (Å²) in [5, 5.41) is 0. The lowest BCUT2D eigenvalue weighted by molar-refractivity contribution is 0.0856. The second-order valence-electron chi connectivity index (χ2n) is 4.42. The average molecular weight is 202 g/mol. The van der Waals surface area contributed by atoms with Crippen molar-refractivity contribution in [3.63, 3.8) is 0 Å². The molecule has 0 spiro atoms. The van der Waals surface area contributed by atoms with Gasteiger partial charge in [-0.1, -0.05) is 40.0 Å². The van der Waals surface area contributed by atoms with Gasteiger partial charge in [0.2, 0.25) is 0 Å². The molecule has 1 saturated heterocycles. The number of ether oxygens (including phenoxy) is 1. The van der Waals surface area contributed by atoms with Crippen LogP contribution in [-0.4, -0.2) is 16.8 Å². The number of rotatable bonds is 4. The van der Waals surface area contributed by atoms with Gasteiger partial charge in [-0.25, -0.2) is 0 Å².